The molecule has 3 N–H and O–H groups in total. The first kappa shape index (κ1) is 14.4. The Morgan fingerprint density at radius 2 is 2.11 bits per heavy atom. The van der Waals surface area contributed by atoms with Gasteiger partial charge in [-0.25, -0.2) is 4.39 Å². The van der Waals surface area contributed by atoms with E-state index in [2.05, 4.69) is 5.32 Å². The molecule has 5 nitrogen and oxygen atoms in total. The molecule has 0 aromatic heterocycles. The number of hydrogen-bond acceptors (Lipinski definition) is 4. The van der Waals surface area contributed by atoms with Crippen LogP contribution in [-0.4, -0.2) is 42.0 Å². The van der Waals surface area contributed by atoms with E-state index in [1.165, 1.54) is 18.2 Å². The van der Waals surface area contributed by atoms with Crippen LogP contribution >= 0.6 is 0 Å². The maximum Gasteiger partial charge on any atom is 0.223 e. The number of nitrogens with one attached hydrogen (secondary N) is 1. The summed E-state index contributed by atoms with van der Waals surface area (Å²) in [5, 5.41) is 19.9. The Labute approximate surface area is 104 Å². The Balaban J connectivity index is 2.27. The van der Waals surface area contributed by atoms with Crippen LogP contribution in [-0.2, 0) is 4.79 Å². The number of halogens is 1. The maximum atomic E-state index is 12.8. The normalized spacial score (nSPS) is 10.4. The van der Waals surface area contributed by atoms with Crippen LogP contribution in [0.25, 0.3) is 0 Å². The van der Waals surface area contributed by atoms with Crippen molar-refractivity contribution in [1.29, 1.82) is 0 Å². The van der Waals surface area contributed by atoms with Gasteiger partial charge in [-0.1, -0.05) is 6.07 Å². The molecule has 0 saturated carbocycles. The molecule has 0 aliphatic heterocycles. The predicted molar refractivity (Wildman–Crippen MR) is 62.6 cm³/mol. The quantitative estimate of drug-likeness (QED) is 0.645. The Bertz CT molecular complexity index is 382. The number of benzene rings is 1. The molecule has 0 radical (unpaired) electrons. The number of aliphatic hydroxyl groups is 2. The third kappa shape index (κ3) is 5.11. The smallest absolute Gasteiger partial charge is 0.223 e. The molecule has 0 fully saturated rings. The lowest BCUT2D eigenvalue weighted by molar-refractivity contribution is -0.122. The van der Waals surface area contributed by atoms with Crippen LogP contribution in [0.1, 0.15) is 6.42 Å². The first-order valence-corrected chi connectivity index (χ1v) is 5.55. The summed E-state index contributed by atoms with van der Waals surface area (Å²) >= 11 is 0. The minimum Gasteiger partial charge on any atom is -0.493 e. The van der Waals surface area contributed by atoms with Gasteiger partial charge in [-0.05, 0) is 12.1 Å². The summed E-state index contributed by atoms with van der Waals surface area (Å²) in [4.78, 5) is 11.3. The standard InChI is InChI=1S/C12H16FNO4/c13-9-2-1-3-11(6-9)18-5-4-12(17)14-10(7-15)8-16/h1-3,6,10,15-16H,4-5,7-8H2,(H,14,17). The minimum absolute atomic E-state index is 0.0625. The van der Waals surface area contributed by atoms with Crippen LogP contribution in [0, 0.1) is 5.82 Å². The van der Waals surface area contributed by atoms with E-state index >= 15 is 0 Å². The van der Waals surface area contributed by atoms with Crippen molar-refractivity contribution < 1.29 is 24.1 Å². The van der Waals surface area contributed by atoms with Crippen molar-refractivity contribution in [3.63, 3.8) is 0 Å². The van der Waals surface area contributed by atoms with Crippen LogP contribution in [0.2, 0.25) is 0 Å². The fourth-order valence-corrected chi connectivity index (χ4v) is 1.27. The highest BCUT2D eigenvalue weighted by Crippen LogP contribution is 2.11. The third-order valence-electron chi connectivity index (χ3n) is 2.20. The second-order valence-electron chi connectivity index (χ2n) is 3.69. The summed E-state index contributed by atoms with van der Waals surface area (Å²) in [7, 11) is 0. The van der Waals surface area contributed by atoms with E-state index in [0.29, 0.717) is 5.75 Å². The van der Waals surface area contributed by atoms with Crippen molar-refractivity contribution >= 4 is 5.91 Å². The molecule has 0 aliphatic carbocycles. The van der Waals surface area contributed by atoms with Crippen molar-refractivity contribution in [2.24, 2.45) is 0 Å². The summed E-state index contributed by atoms with van der Waals surface area (Å²) in [5.74, 6) is -0.402. The Kier molecular flexibility index (Phi) is 6.10. The van der Waals surface area contributed by atoms with Crippen molar-refractivity contribution in [2.45, 2.75) is 12.5 Å². The largest absolute Gasteiger partial charge is 0.493 e. The molecule has 100 valence electrons. The summed E-state index contributed by atoms with van der Waals surface area (Å²) in [6.07, 6.45) is 0.0625. The summed E-state index contributed by atoms with van der Waals surface area (Å²) in [5.41, 5.74) is 0. The number of rotatable bonds is 7. The van der Waals surface area contributed by atoms with Crippen molar-refractivity contribution in [2.75, 3.05) is 19.8 Å². The molecule has 0 saturated heterocycles. The highest BCUT2D eigenvalue weighted by molar-refractivity contribution is 5.76. The zero-order chi connectivity index (χ0) is 13.4. The number of carbonyl (C=O) groups excluding carboxylic acids is 1. The fourth-order valence-electron chi connectivity index (χ4n) is 1.27. The van der Waals surface area contributed by atoms with Crippen LogP contribution in [0.5, 0.6) is 5.75 Å². The third-order valence-corrected chi connectivity index (χ3v) is 2.20. The number of hydrogen-bond donors (Lipinski definition) is 3. The van der Waals surface area contributed by atoms with Gasteiger partial charge in [-0.2, -0.15) is 0 Å². The van der Waals surface area contributed by atoms with E-state index in [-0.39, 0.29) is 32.1 Å². The molecule has 0 aliphatic rings. The van der Waals surface area contributed by atoms with Gasteiger partial charge < -0.3 is 20.3 Å². The zero-order valence-corrected chi connectivity index (χ0v) is 9.80. The molecule has 1 rings (SSSR count). The van der Waals surface area contributed by atoms with Gasteiger partial charge in [0.15, 0.2) is 0 Å². The van der Waals surface area contributed by atoms with Crippen molar-refractivity contribution in [3.8, 4) is 5.75 Å². The molecule has 0 spiro atoms. The maximum absolute atomic E-state index is 12.8. The molecule has 6 heteroatoms. The molecule has 0 unspecified atom stereocenters. The van der Waals surface area contributed by atoms with Gasteiger partial charge in [0, 0.05) is 6.07 Å². The van der Waals surface area contributed by atoms with Crippen LogP contribution in [0.3, 0.4) is 0 Å². The van der Waals surface area contributed by atoms with Gasteiger partial charge in [0.25, 0.3) is 0 Å². The lowest BCUT2D eigenvalue weighted by Crippen LogP contribution is -2.40. The van der Waals surface area contributed by atoms with Gasteiger partial charge in [-0.15, -0.1) is 0 Å². The van der Waals surface area contributed by atoms with E-state index in [1.807, 2.05) is 0 Å². The number of aliphatic hydroxyl groups excluding tert-OH is 2. The van der Waals surface area contributed by atoms with Gasteiger partial charge in [-0.3, -0.25) is 4.79 Å². The van der Waals surface area contributed by atoms with E-state index in [4.69, 9.17) is 14.9 Å². The molecule has 0 heterocycles. The molecular weight excluding hydrogens is 241 g/mol. The zero-order valence-electron chi connectivity index (χ0n) is 9.80. The topological polar surface area (TPSA) is 78.8 Å². The summed E-state index contributed by atoms with van der Waals surface area (Å²) in [6.45, 7) is -0.557. The fraction of sp³-hybridized carbons (Fsp3) is 0.417. The van der Waals surface area contributed by atoms with Crippen LogP contribution < -0.4 is 10.1 Å². The Morgan fingerprint density at radius 3 is 2.72 bits per heavy atom. The minimum atomic E-state index is -0.660. The van der Waals surface area contributed by atoms with Crippen LogP contribution in [0.4, 0.5) is 4.39 Å². The van der Waals surface area contributed by atoms with Gasteiger partial charge in [0.2, 0.25) is 5.91 Å². The van der Waals surface area contributed by atoms with E-state index in [9.17, 15) is 9.18 Å². The van der Waals surface area contributed by atoms with E-state index in [1.54, 1.807) is 6.07 Å². The Hall–Kier alpha value is -1.66. The molecule has 18 heavy (non-hydrogen) atoms. The molecule has 1 aromatic rings. The lowest BCUT2D eigenvalue weighted by Gasteiger charge is -2.13. The molecule has 0 bridgehead atoms. The summed E-state index contributed by atoms with van der Waals surface area (Å²) in [6, 6.07) is 4.96. The number of amides is 1. The second-order valence-corrected chi connectivity index (χ2v) is 3.69. The van der Waals surface area contributed by atoms with Crippen molar-refractivity contribution in [1.82, 2.24) is 5.32 Å². The highest BCUT2D eigenvalue weighted by atomic mass is 19.1. The number of carbonyl (C=O) groups is 1. The lowest BCUT2D eigenvalue weighted by atomic mass is 10.3. The van der Waals surface area contributed by atoms with E-state index in [0.717, 1.165) is 0 Å². The predicted octanol–water partition coefficient (Wildman–Crippen LogP) is 0.0640. The second kappa shape index (κ2) is 7.62. The SMILES string of the molecule is O=C(CCOc1cccc(F)c1)NC(CO)CO. The van der Waals surface area contributed by atoms with Gasteiger partial charge >= 0.3 is 0 Å². The average Bonchev–Trinajstić information content (AvgIpc) is 2.36. The first-order chi connectivity index (χ1) is 8.65. The number of ether oxygens (including phenoxy) is 1. The van der Waals surface area contributed by atoms with Crippen LogP contribution in [0.15, 0.2) is 24.3 Å². The molecule has 1 aromatic carbocycles. The monoisotopic (exact) mass is 257 g/mol. The molecule has 1 amide bonds. The van der Waals surface area contributed by atoms with Gasteiger partial charge in [0.05, 0.1) is 32.3 Å². The molecule has 0 atom stereocenters. The highest BCUT2D eigenvalue weighted by Gasteiger charge is 2.09. The Morgan fingerprint density at radius 1 is 1.39 bits per heavy atom. The van der Waals surface area contributed by atoms with Crippen molar-refractivity contribution in [3.05, 3.63) is 30.1 Å². The first-order valence-electron chi connectivity index (χ1n) is 5.55. The summed E-state index contributed by atoms with van der Waals surface area (Å²) < 4.78 is 18.0. The average molecular weight is 257 g/mol. The molecular formula is C12H16FNO4. The van der Waals surface area contributed by atoms with E-state index < -0.39 is 11.9 Å². The van der Waals surface area contributed by atoms with Gasteiger partial charge in [0.1, 0.15) is 11.6 Å².